The predicted octanol–water partition coefficient (Wildman–Crippen LogP) is 3.47. The molecule has 1 aliphatic rings. The first kappa shape index (κ1) is 15.0. The van der Waals surface area contributed by atoms with Crippen molar-refractivity contribution in [2.75, 3.05) is 13.4 Å². The molecule has 0 amide bonds. The van der Waals surface area contributed by atoms with Gasteiger partial charge >= 0.3 is 5.97 Å². The van der Waals surface area contributed by atoms with Gasteiger partial charge in [-0.2, -0.15) is 0 Å². The first-order valence-corrected chi connectivity index (χ1v) is 7.26. The molecule has 1 N–H and O–H groups in total. The monoisotopic (exact) mass is 312 g/mol. The standard InChI is InChI=1S/C18H16O5/c1-2-21-18(20)17-13(4-3-5-14(17)19)8-6-12-7-9-15-16(10-12)23-11-22-15/h3-10,19H,2,11H2,1H3. The Labute approximate surface area is 133 Å². The van der Waals surface area contributed by atoms with Crippen LogP contribution in [-0.2, 0) is 4.74 Å². The van der Waals surface area contributed by atoms with Crippen LogP contribution in [0.25, 0.3) is 12.2 Å². The largest absolute Gasteiger partial charge is 0.507 e. The first-order chi connectivity index (χ1) is 11.2. The summed E-state index contributed by atoms with van der Waals surface area (Å²) in [4.78, 5) is 12.0. The summed E-state index contributed by atoms with van der Waals surface area (Å²) in [6.45, 7) is 2.20. The summed E-state index contributed by atoms with van der Waals surface area (Å²) in [5, 5.41) is 9.94. The minimum atomic E-state index is -0.545. The lowest BCUT2D eigenvalue weighted by Gasteiger charge is -2.07. The molecule has 1 aliphatic heterocycles. The van der Waals surface area contributed by atoms with Crippen molar-refractivity contribution in [1.29, 1.82) is 0 Å². The zero-order chi connectivity index (χ0) is 16.2. The van der Waals surface area contributed by atoms with E-state index in [4.69, 9.17) is 14.2 Å². The summed E-state index contributed by atoms with van der Waals surface area (Å²) in [6.07, 6.45) is 3.59. The van der Waals surface area contributed by atoms with Crippen LogP contribution in [0.3, 0.4) is 0 Å². The number of ether oxygens (including phenoxy) is 3. The van der Waals surface area contributed by atoms with Crippen LogP contribution in [0, 0.1) is 0 Å². The number of aromatic hydroxyl groups is 1. The van der Waals surface area contributed by atoms with Gasteiger partial charge in [-0.15, -0.1) is 0 Å². The Kier molecular flexibility index (Phi) is 4.19. The van der Waals surface area contributed by atoms with Gasteiger partial charge in [-0.25, -0.2) is 4.79 Å². The van der Waals surface area contributed by atoms with Gasteiger partial charge in [0, 0.05) is 0 Å². The SMILES string of the molecule is CCOC(=O)c1c(O)cccc1C=Cc1ccc2c(c1)OCO2. The number of benzene rings is 2. The molecule has 1 heterocycles. The smallest absolute Gasteiger partial charge is 0.342 e. The van der Waals surface area contributed by atoms with Gasteiger partial charge in [0.25, 0.3) is 0 Å². The molecule has 0 fully saturated rings. The number of phenols is 1. The van der Waals surface area contributed by atoms with Crippen molar-refractivity contribution in [1.82, 2.24) is 0 Å². The molecule has 0 atom stereocenters. The highest BCUT2D eigenvalue weighted by molar-refractivity contribution is 5.97. The predicted molar refractivity (Wildman–Crippen MR) is 85.6 cm³/mol. The van der Waals surface area contributed by atoms with Crippen molar-refractivity contribution in [2.45, 2.75) is 6.92 Å². The molecule has 0 spiro atoms. The highest BCUT2D eigenvalue weighted by Gasteiger charge is 2.16. The van der Waals surface area contributed by atoms with Crippen LogP contribution in [0.4, 0.5) is 0 Å². The zero-order valence-electron chi connectivity index (χ0n) is 12.6. The Morgan fingerprint density at radius 1 is 1.22 bits per heavy atom. The van der Waals surface area contributed by atoms with E-state index in [1.165, 1.54) is 6.07 Å². The Morgan fingerprint density at radius 3 is 2.87 bits per heavy atom. The van der Waals surface area contributed by atoms with Gasteiger partial charge in [-0.1, -0.05) is 30.4 Å². The highest BCUT2D eigenvalue weighted by atomic mass is 16.7. The molecule has 5 nitrogen and oxygen atoms in total. The van der Waals surface area contributed by atoms with E-state index in [-0.39, 0.29) is 24.7 Å². The fourth-order valence-corrected chi connectivity index (χ4v) is 2.32. The van der Waals surface area contributed by atoms with Crippen molar-refractivity contribution in [3.63, 3.8) is 0 Å². The van der Waals surface area contributed by atoms with Crippen molar-refractivity contribution >= 4 is 18.1 Å². The summed E-state index contributed by atoms with van der Waals surface area (Å²) >= 11 is 0. The van der Waals surface area contributed by atoms with E-state index in [1.54, 1.807) is 25.1 Å². The second-order valence-corrected chi connectivity index (χ2v) is 4.91. The molecule has 0 radical (unpaired) electrons. The lowest BCUT2D eigenvalue weighted by molar-refractivity contribution is 0.0523. The summed E-state index contributed by atoms with van der Waals surface area (Å²) in [5.74, 6) is 0.757. The van der Waals surface area contributed by atoms with Crippen LogP contribution in [-0.4, -0.2) is 24.5 Å². The van der Waals surface area contributed by atoms with Crippen LogP contribution in [0.5, 0.6) is 17.2 Å². The van der Waals surface area contributed by atoms with Gasteiger partial charge in [0.1, 0.15) is 11.3 Å². The average Bonchev–Trinajstić information content (AvgIpc) is 3.00. The number of rotatable bonds is 4. The van der Waals surface area contributed by atoms with Gasteiger partial charge in [0.15, 0.2) is 11.5 Å². The van der Waals surface area contributed by atoms with Crippen LogP contribution in [0.15, 0.2) is 36.4 Å². The van der Waals surface area contributed by atoms with Crippen molar-refractivity contribution in [3.05, 3.63) is 53.1 Å². The third kappa shape index (κ3) is 3.13. The van der Waals surface area contributed by atoms with Gasteiger partial charge in [-0.05, 0) is 36.2 Å². The molecule has 2 aromatic carbocycles. The van der Waals surface area contributed by atoms with Crippen LogP contribution < -0.4 is 9.47 Å². The third-order valence-electron chi connectivity index (χ3n) is 3.41. The Morgan fingerprint density at radius 2 is 2.04 bits per heavy atom. The van der Waals surface area contributed by atoms with Gasteiger partial charge in [-0.3, -0.25) is 0 Å². The van der Waals surface area contributed by atoms with E-state index >= 15 is 0 Å². The maximum atomic E-state index is 12.0. The summed E-state index contributed by atoms with van der Waals surface area (Å²) < 4.78 is 15.6. The molecule has 118 valence electrons. The number of carbonyl (C=O) groups is 1. The number of carbonyl (C=O) groups excluding carboxylic acids is 1. The highest BCUT2D eigenvalue weighted by Crippen LogP contribution is 2.33. The molecule has 0 aromatic heterocycles. The molecule has 0 bridgehead atoms. The first-order valence-electron chi connectivity index (χ1n) is 7.26. The maximum Gasteiger partial charge on any atom is 0.342 e. The fraction of sp³-hybridized carbons (Fsp3) is 0.167. The van der Waals surface area contributed by atoms with Crippen LogP contribution in [0.1, 0.15) is 28.4 Å². The molecule has 0 saturated heterocycles. The molecule has 0 unspecified atom stereocenters. The normalized spacial score (nSPS) is 12.6. The van der Waals surface area contributed by atoms with Crippen molar-refractivity contribution < 1.29 is 24.1 Å². The average molecular weight is 312 g/mol. The van der Waals surface area contributed by atoms with Gasteiger partial charge in [0.05, 0.1) is 6.61 Å². The molecule has 0 aliphatic carbocycles. The number of phenolic OH excluding ortho intramolecular Hbond substituents is 1. The lowest BCUT2D eigenvalue weighted by atomic mass is 10.0. The second kappa shape index (κ2) is 6.44. The van der Waals surface area contributed by atoms with Crippen molar-refractivity contribution in [2.24, 2.45) is 0 Å². The van der Waals surface area contributed by atoms with Gasteiger partial charge in [0.2, 0.25) is 6.79 Å². The third-order valence-corrected chi connectivity index (χ3v) is 3.41. The Balaban J connectivity index is 1.90. The molecule has 2 aromatic rings. The van der Waals surface area contributed by atoms with Crippen LogP contribution >= 0.6 is 0 Å². The Bertz CT molecular complexity index is 764. The second-order valence-electron chi connectivity index (χ2n) is 4.91. The molecule has 23 heavy (non-hydrogen) atoms. The molecule has 3 rings (SSSR count). The number of esters is 1. The molecule has 5 heteroatoms. The lowest BCUT2D eigenvalue weighted by Crippen LogP contribution is -2.06. The topological polar surface area (TPSA) is 65.0 Å². The van der Waals surface area contributed by atoms with E-state index in [1.807, 2.05) is 24.3 Å². The number of hydrogen-bond donors (Lipinski definition) is 1. The molecule has 0 saturated carbocycles. The van der Waals surface area contributed by atoms with E-state index in [0.29, 0.717) is 17.1 Å². The Hall–Kier alpha value is -2.95. The number of hydrogen-bond acceptors (Lipinski definition) is 5. The van der Waals surface area contributed by atoms with Gasteiger partial charge < -0.3 is 19.3 Å². The minimum absolute atomic E-state index is 0.101. The van der Waals surface area contributed by atoms with E-state index in [0.717, 1.165) is 5.56 Å². The molecular formula is C18H16O5. The van der Waals surface area contributed by atoms with E-state index in [9.17, 15) is 9.90 Å². The summed E-state index contributed by atoms with van der Waals surface area (Å²) in [7, 11) is 0. The van der Waals surface area contributed by atoms with Crippen molar-refractivity contribution in [3.8, 4) is 17.2 Å². The van der Waals surface area contributed by atoms with E-state index in [2.05, 4.69) is 0 Å². The number of fused-ring (bicyclic) bond motifs is 1. The quantitative estimate of drug-likeness (QED) is 0.692. The zero-order valence-corrected chi connectivity index (χ0v) is 12.6. The maximum absolute atomic E-state index is 12.0. The summed E-state index contributed by atoms with van der Waals surface area (Å²) in [5.41, 5.74) is 1.64. The van der Waals surface area contributed by atoms with Crippen LogP contribution in [0.2, 0.25) is 0 Å². The minimum Gasteiger partial charge on any atom is -0.507 e. The summed E-state index contributed by atoms with van der Waals surface area (Å²) in [6, 6.07) is 10.5. The van der Waals surface area contributed by atoms with E-state index < -0.39 is 5.97 Å². The fourth-order valence-electron chi connectivity index (χ4n) is 2.32. The molecular weight excluding hydrogens is 296 g/mol.